The van der Waals surface area contributed by atoms with Crippen molar-refractivity contribution < 1.29 is 9.53 Å². The first-order valence-corrected chi connectivity index (χ1v) is 11.5. The van der Waals surface area contributed by atoms with Crippen molar-refractivity contribution in [3.63, 3.8) is 0 Å². The number of thiazole rings is 1. The molecule has 2 amide bonds. The minimum atomic E-state index is -0.112. The van der Waals surface area contributed by atoms with Crippen molar-refractivity contribution in [1.82, 2.24) is 9.88 Å². The van der Waals surface area contributed by atoms with E-state index in [1.807, 2.05) is 53.6 Å². The standard InChI is InChI=1S/C25H31N3O2S/c1-6-19(4)28(25(29)27-21-12-10-17(2)11-13-21)14-22-16-31-24(26-22)15-30-23-9-7-8-18(3)20(23)5/h7-13,16,19H,6,14-15H2,1-5H3,(H,27,29)/t19-/m1/s1. The van der Waals surface area contributed by atoms with Gasteiger partial charge in [-0.1, -0.05) is 36.8 Å². The number of carbonyl (C=O) groups excluding carboxylic acids is 1. The zero-order chi connectivity index (χ0) is 22.4. The minimum Gasteiger partial charge on any atom is -0.486 e. The van der Waals surface area contributed by atoms with E-state index in [2.05, 4.69) is 39.1 Å². The summed E-state index contributed by atoms with van der Waals surface area (Å²) in [5, 5.41) is 5.92. The van der Waals surface area contributed by atoms with Gasteiger partial charge in [0.2, 0.25) is 0 Å². The first kappa shape index (κ1) is 22.8. The van der Waals surface area contributed by atoms with Crippen LogP contribution in [0.4, 0.5) is 10.5 Å². The number of urea groups is 1. The topological polar surface area (TPSA) is 54.5 Å². The second-order valence-corrected chi connectivity index (χ2v) is 8.84. The summed E-state index contributed by atoms with van der Waals surface area (Å²) in [6.07, 6.45) is 0.869. The first-order chi connectivity index (χ1) is 14.9. The van der Waals surface area contributed by atoms with Crippen molar-refractivity contribution in [1.29, 1.82) is 0 Å². The maximum atomic E-state index is 13.0. The highest BCUT2D eigenvalue weighted by Crippen LogP contribution is 2.23. The highest BCUT2D eigenvalue weighted by Gasteiger charge is 2.21. The maximum absolute atomic E-state index is 13.0. The van der Waals surface area contributed by atoms with Gasteiger partial charge in [-0.3, -0.25) is 0 Å². The van der Waals surface area contributed by atoms with E-state index < -0.39 is 0 Å². The zero-order valence-corrected chi connectivity index (χ0v) is 19.8. The van der Waals surface area contributed by atoms with Crippen LogP contribution in [0.25, 0.3) is 0 Å². The first-order valence-electron chi connectivity index (χ1n) is 10.6. The molecule has 0 unspecified atom stereocenters. The fourth-order valence-electron chi connectivity index (χ4n) is 3.16. The van der Waals surface area contributed by atoms with E-state index in [1.165, 1.54) is 5.56 Å². The van der Waals surface area contributed by atoms with Crippen molar-refractivity contribution in [2.75, 3.05) is 5.32 Å². The van der Waals surface area contributed by atoms with E-state index >= 15 is 0 Å². The third-order valence-corrected chi connectivity index (χ3v) is 6.40. The van der Waals surface area contributed by atoms with E-state index in [4.69, 9.17) is 9.72 Å². The summed E-state index contributed by atoms with van der Waals surface area (Å²) in [5.74, 6) is 0.885. The molecule has 0 aliphatic rings. The number of hydrogen-bond acceptors (Lipinski definition) is 4. The quantitative estimate of drug-likeness (QED) is 0.439. The Kier molecular flexibility index (Phi) is 7.69. The smallest absolute Gasteiger partial charge is 0.322 e. The van der Waals surface area contributed by atoms with Crippen LogP contribution >= 0.6 is 11.3 Å². The molecule has 5 nitrogen and oxygen atoms in total. The number of amides is 2. The average molecular weight is 438 g/mol. The Bertz CT molecular complexity index is 1010. The summed E-state index contributed by atoms with van der Waals surface area (Å²) in [7, 11) is 0. The predicted molar refractivity (Wildman–Crippen MR) is 128 cm³/mol. The van der Waals surface area contributed by atoms with Crippen molar-refractivity contribution in [2.45, 2.75) is 60.2 Å². The highest BCUT2D eigenvalue weighted by atomic mass is 32.1. The van der Waals surface area contributed by atoms with Gasteiger partial charge in [0.15, 0.2) is 0 Å². The fourth-order valence-corrected chi connectivity index (χ4v) is 3.86. The highest BCUT2D eigenvalue weighted by molar-refractivity contribution is 7.09. The van der Waals surface area contributed by atoms with Crippen LogP contribution in [-0.2, 0) is 13.2 Å². The van der Waals surface area contributed by atoms with E-state index in [0.29, 0.717) is 13.2 Å². The second-order valence-electron chi connectivity index (χ2n) is 7.90. The maximum Gasteiger partial charge on any atom is 0.322 e. The molecule has 1 heterocycles. The van der Waals surface area contributed by atoms with Crippen LogP contribution in [0.1, 0.15) is 47.7 Å². The molecule has 3 rings (SSSR count). The SMILES string of the molecule is CC[C@@H](C)N(Cc1csc(COc2cccc(C)c2C)n1)C(=O)Nc1ccc(C)cc1. The van der Waals surface area contributed by atoms with Gasteiger partial charge < -0.3 is 15.0 Å². The van der Waals surface area contributed by atoms with Crippen molar-refractivity contribution in [2.24, 2.45) is 0 Å². The lowest BCUT2D eigenvalue weighted by atomic mass is 10.1. The number of rotatable bonds is 8. The molecule has 0 fully saturated rings. The van der Waals surface area contributed by atoms with Gasteiger partial charge in [-0.05, 0) is 63.4 Å². The number of hydrogen-bond donors (Lipinski definition) is 1. The second kappa shape index (κ2) is 10.4. The third kappa shape index (κ3) is 6.07. The number of nitrogens with one attached hydrogen (secondary N) is 1. The zero-order valence-electron chi connectivity index (χ0n) is 18.9. The largest absolute Gasteiger partial charge is 0.486 e. The molecule has 0 aliphatic carbocycles. The summed E-state index contributed by atoms with van der Waals surface area (Å²) in [4.78, 5) is 19.5. The summed E-state index contributed by atoms with van der Waals surface area (Å²) in [6.45, 7) is 11.2. The molecule has 0 aliphatic heterocycles. The monoisotopic (exact) mass is 437 g/mol. The average Bonchev–Trinajstić information content (AvgIpc) is 3.21. The minimum absolute atomic E-state index is 0.0989. The molecule has 1 N–H and O–H groups in total. The number of aryl methyl sites for hydroxylation is 2. The Morgan fingerprint density at radius 3 is 2.61 bits per heavy atom. The molecule has 1 atom stereocenters. The van der Waals surface area contributed by atoms with Gasteiger partial charge in [0, 0.05) is 17.1 Å². The number of anilines is 1. The number of ether oxygens (including phenoxy) is 1. The number of nitrogens with zero attached hydrogens (tertiary/aromatic N) is 2. The number of carbonyl (C=O) groups is 1. The van der Waals surface area contributed by atoms with Gasteiger partial charge in [0.25, 0.3) is 0 Å². The summed E-state index contributed by atoms with van der Waals surface area (Å²) < 4.78 is 5.98. The lowest BCUT2D eigenvalue weighted by Gasteiger charge is -2.28. The Labute approximate surface area is 189 Å². The number of benzene rings is 2. The van der Waals surface area contributed by atoms with E-state index in [1.54, 1.807) is 11.3 Å². The predicted octanol–water partition coefficient (Wildman–Crippen LogP) is 6.48. The van der Waals surface area contributed by atoms with Crippen LogP contribution in [0, 0.1) is 20.8 Å². The van der Waals surface area contributed by atoms with Crippen LogP contribution in [-0.4, -0.2) is 22.0 Å². The van der Waals surface area contributed by atoms with Crippen molar-refractivity contribution >= 4 is 23.1 Å². The van der Waals surface area contributed by atoms with E-state index in [9.17, 15) is 4.79 Å². The molecule has 164 valence electrons. The Morgan fingerprint density at radius 1 is 1.16 bits per heavy atom. The van der Waals surface area contributed by atoms with Crippen LogP contribution in [0.3, 0.4) is 0 Å². The van der Waals surface area contributed by atoms with E-state index in [0.717, 1.165) is 39.7 Å². The molecule has 1 aromatic heterocycles. The number of aromatic nitrogens is 1. The summed E-state index contributed by atoms with van der Waals surface area (Å²) in [5.41, 5.74) is 5.19. The molecule has 31 heavy (non-hydrogen) atoms. The molecule has 3 aromatic rings. The molecule has 0 bridgehead atoms. The van der Waals surface area contributed by atoms with Gasteiger partial charge in [-0.25, -0.2) is 9.78 Å². The van der Waals surface area contributed by atoms with Gasteiger partial charge in [0.1, 0.15) is 17.4 Å². The molecular formula is C25H31N3O2S. The van der Waals surface area contributed by atoms with Gasteiger partial charge >= 0.3 is 6.03 Å². The van der Waals surface area contributed by atoms with Crippen LogP contribution in [0.15, 0.2) is 47.8 Å². The third-order valence-electron chi connectivity index (χ3n) is 5.52. The van der Waals surface area contributed by atoms with Gasteiger partial charge in [-0.2, -0.15) is 0 Å². The molecular weight excluding hydrogens is 406 g/mol. The lowest BCUT2D eigenvalue weighted by Crippen LogP contribution is -2.40. The Hall–Kier alpha value is -2.86. The van der Waals surface area contributed by atoms with Gasteiger partial charge in [-0.15, -0.1) is 11.3 Å². The Morgan fingerprint density at radius 2 is 1.90 bits per heavy atom. The molecule has 0 radical (unpaired) electrons. The molecule has 0 saturated heterocycles. The molecule has 0 spiro atoms. The Balaban J connectivity index is 1.65. The molecule has 2 aromatic carbocycles. The summed E-state index contributed by atoms with van der Waals surface area (Å²) in [6, 6.07) is 13.9. The van der Waals surface area contributed by atoms with Crippen molar-refractivity contribution in [3.05, 3.63) is 75.2 Å². The normalized spacial score (nSPS) is 11.8. The van der Waals surface area contributed by atoms with Crippen LogP contribution in [0.5, 0.6) is 5.75 Å². The van der Waals surface area contributed by atoms with Crippen molar-refractivity contribution in [3.8, 4) is 5.75 Å². The van der Waals surface area contributed by atoms with Crippen LogP contribution in [0.2, 0.25) is 0 Å². The van der Waals surface area contributed by atoms with Crippen LogP contribution < -0.4 is 10.1 Å². The molecule has 0 saturated carbocycles. The van der Waals surface area contributed by atoms with E-state index in [-0.39, 0.29) is 12.1 Å². The molecule has 6 heteroatoms. The summed E-state index contributed by atoms with van der Waals surface area (Å²) >= 11 is 1.56. The van der Waals surface area contributed by atoms with Gasteiger partial charge in [0.05, 0.1) is 12.2 Å². The fraction of sp³-hybridized carbons (Fsp3) is 0.360. The lowest BCUT2D eigenvalue weighted by molar-refractivity contribution is 0.186.